The van der Waals surface area contributed by atoms with E-state index >= 15 is 0 Å². The second-order valence-corrected chi connectivity index (χ2v) is 3.81. The summed E-state index contributed by atoms with van der Waals surface area (Å²) in [5.74, 6) is -3.18. The maximum Gasteiger partial charge on any atom is 0.325 e. The Balaban J connectivity index is 2.61. The Morgan fingerprint density at radius 2 is 2.11 bits per heavy atom. The maximum absolute atomic E-state index is 13.5. The molecule has 6 nitrogen and oxygen atoms in total. The third-order valence-electron chi connectivity index (χ3n) is 2.58. The molecule has 18 heavy (non-hydrogen) atoms. The van der Waals surface area contributed by atoms with E-state index < -0.39 is 23.6 Å². The van der Waals surface area contributed by atoms with Crippen molar-refractivity contribution in [2.75, 3.05) is 13.2 Å². The molecule has 0 saturated carbocycles. The Morgan fingerprint density at radius 3 is 2.78 bits per heavy atom. The van der Waals surface area contributed by atoms with Crippen LogP contribution in [0.15, 0.2) is 6.07 Å². The fourth-order valence-corrected chi connectivity index (χ4v) is 1.70. The van der Waals surface area contributed by atoms with Crippen LogP contribution in [0.4, 0.5) is 4.39 Å². The van der Waals surface area contributed by atoms with Crippen LogP contribution >= 0.6 is 0 Å². The summed E-state index contributed by atoms with van der Waals surface area (Å²) in [6.45, 7) is 0.594. The molecule has 7 heteroatoms. The number of nitrogens with two attached hydrogens (primary N) is 1. The summed E-state index contributed by atoms with van der Waals surface area (Å²) in [6, 6.07) is -0.634. The van der Waals surface area contributed by atoms with Crippen molar-refractivity contribution in [3.05, 3.63) is 17.4 Å². The second kappa shape index (κ2) is 4.69. The summed E-state index contributed by atoms with van der Waals surface area (Å²) in [5, 5.41) is 18.5. The minimum absolute atomic E-state index is 0.0127. The minimum Gasteiger partial charge on any atom is -0.504 e. The number of halogens is 1. The van der Waals surface area contributed by atoms with Crippen LogP contribution in [0.25, 0.3) is 0 Å². The normalized spacial score (nSPS) is 15.9. The molecule has 0 radical (unpaired) electrons. The van der Waals surface area contributed by atoms with E-state index in [1.54, 1.807) is 0 Å². The number of phenols is 1. The van der Waals surface area contributed by atoms with Crippen LogP contribution in [-0.4, -0.2) is 29.4 Å². The molecule has 2 rings (SSSR count). The molecule has 4 N–H and O–H groups in total. The van der Waals surface area contributed by atoms with Gasteiger partial charge in [-0.15, -0.1) is 0 Å². The van der Waals surface area contributed by atoms with Gasteiger partial charge in [-0.25, -0.2) is 4.39 Å². The third kappa shape index (κ3) is 2.04. The first-order valence-corrected chi connectivity index (χ1v) is 5.31. The van der Waals surface area contributed by atoms with Crippen molar-refractivity contribution in [2.24, 2.45) is 5.73 Å². The van der Waals surface area contributed by atoms with Gasteiger partial charge >= 0.3 is 5.97 Å². The monoisotopic (exact) mass is 257 g/mol. The summed E-state index contributed by atoms with van der Waals surface area (Å²) in [6.07, 6.45) is 0.568. The smallest absolute Gasteiger partial charge is 0.325 e. The van der Waals surface area contributed by atoms with Crippen LogP contribution in [-0.2, 0) is 4.79 Å². The van der Waals surface area contributed by atoms with Crippen molar-refractivity contribution in [3.63, 3.8) is 0 Å². The first kappa shape index (κ1) is 12.4. The molecule has 1 unspecified atom stereocenters. The van der Waals surface area contributed by atoms with E-state index in [-0.39, 0.29) is 23.7 Å². The van der Waals surface area contributed by atoms with E-state index in [0.29, 0.717) is 13.0 Å². The molecule has 1 atom stereocenters. The zero-order valence-corrected chi connectivity index (χ0v) is 9.35. The lowest BCUT2D eigenvalue weighted by atomic mass is 10.0. The number of fused-ring (bicyclic) bond motifs is 1. The van der Waals surface area contributed by atoms with Gasteiger partial charge in [0.2, 0.25) is 0 Å². The first-order chi connectivity index (χ1) is 8.52. The van der Waals surface area contributed by atoms with Crippen LogP contribution in [0.2, 0.25) is 0 Å². The molecule has 1 aliphatic heterocycles. The highest BCUT2D eigenvalue weighted by Crippen LogP contribution is 2.43. The lowest BCUT2D eigenvalue weighted by Gasteiger charge is -2.17. The van der Waals surface area contributed by atoms with Crippen molar-refractivity contribution in [3.8, 4) is 17.2 Å². The number of hydrogen-bond donors (Lipinski definition) is 3. The topological polar surface area (TPSA) is 102 Å². The van der Waals surface area contributed by atoms with Gasteiger partial charge in [0.1, 0.15) is 6.04 Å². The van der Waals surface area contributed by atoms with Gasteiger partial charge in [0, 0.05) is 12.5 Å². The maximum atomic E-state index is 13.5. The molecule has 0 saturated heterocycles. The third-order valence-corrected chi connectivity index (χ3v) is 2.58. The number of hydrogen-bond acceptors (Lipinski definition) is 5. The Labute approximate surface area is 102 Å². The van der Waals surface area contributed by atoms with Crippen LogP contribution in [0, 0.1) is 5.82 Å². The molecule has 98 valence electrons. The minimum atomic E-state index is -1.59. The number of aliphatic carboxylic acids is 1. The molecular formula is C11H12FNO5. The average molecular weight is 257 g/mol. The summed E-state index contributed by atoms with van der Waals surface area (Å²) in [7, 11) is 0. The van der Waals surface area contributed by atoms with Crippen molar-refractivity contribution in [1.29, 1.82) is 0 Å². The highest BCUT2D eigenvalue weighted by atomic mass is 19.1. The summed E-state index contributed by atoms with van der Waals surface area (Å²) in [5.41, 5.74) is 5.11. The predicted molar refractivity (Wildman–Crippen MR) is 58.2 cm³/mol. The Bertz CT molecular complexity index is 491. The number of aromatic hydroxyl groups is 1. The number of carboxylic acids is 1. The van der Waals surface area contributed by atoms with Crippen molar-refractivity contribution in [1.82, 2.24) is 0 Å². The standard InChI is InChI=1S/C11H12FNO5/c12-5-4-6-10(18-3-1-2-17-6)7(9(5)14)8(13)11(15)16/h4,8,14H,1-3,13H2,(H,15,16). The van der Waals surface area contributed by atoms with E-state index in [9.17, 15) is 14.3 Å². The molecule has 0 bridgehead atoms. The lowest BCUT2D eigenvalue weighted by molar-refractivity contribution is -0.138. The molecule has 1 aliphatic rings. The number of phenolic OH excluding ortho intramolecular Hbond substituents is 1. The van der Waals surface area contributed by atoms with E-state index in [4.69, 9.17) is 20.3 Å². The first-order valence-electron chi connectivity index (χ1n) is 5.31. The van der Waals surface area contributed by atoms with Gasteiger partial charge in [-0.05, 0) is 0 Å². The summed E-state index contributed by atoms with van der Waals surface area (Å²) < 4.78 is 24.0. The van der Waals surface area contributed by atoms with E-state index in [1.165, 1.54) is 0 Å². The highest BCUT2D eigenvalue weighted by molar-refractivity contribution is 5.78. The van der Waals surface area contributed by atoms with Gasteiger partial charge in [-0.1, -0.05) is 0 Å². The SMILES string of the molecule is NC(C(=O)O)c1c(O)c(F)cc2c1OCCCO2. The lowest BCUT2D eigenvalue weighted by Crippen LogP contribution is -2.22. The van der Waals surface area contributed by atoms with E-state index in [1.807, 2.05) is 0 Å². The van der Waals surface area contributed by atoms with Gasteiger partial charge in [0.25, 0.3) is 0 Å². The molecule has 0 aromatic heterocycles. The van der Waals surface area contributed by atoms with Gasteiger partial charge in [-0.2, -0.15) is 0 Å². The number of carboxylic acid groups (broad SMARTS) is 1. The fourth-order valence-electron chi connectivity index (χ4n) is 1.70. The van der Waals surface area contributed by atoms with Crippen LogP contribution in [0.1, 0.15) is 18.0 Å². The largest absolute Gasteiger partial charge is 0.504 e. The van der Waals surface area contributed by atoms with Gasteiger partial charge < -0.3 is 25.4 Å². The summed E-state index contributed by atoms with van der Waals surface area (Å²) in [4.78, 5) is 10.9. The van der Waals surface area contributed by atoms with Crippen molar-refractivity contribution >= 4 is 5.97 Å². The van der Waals surface area contributed by atoms with Gasteiger partial charge in [0.05, 0.1) is 18.8 Å². The van der Waals surface area contributed by atoms with Gasteiger partial charge in [0.15, 0.2) is 23.1 Å². The van der Waals surface area contributed by atoms with Crippen LogP contribution in [0.3, 0.4) is 0 Å². The zero-order chi connectivity index (χ0) is 13.3. The van der Waals surface area contributed by atoms with Crippen LogP contribution < -0.4 is 15.2 Å². The van der Waals surface area contributed by atoms with E-state index in [2.05, 4.69) is 0 Å². The van der Waals surface area contributed by atoms with Crippen LogP contribution in [0.5, 0.6) is 17.2 Å². The quantitative estimate of drug-likeness (QED) is 0.723. The van der Waals surface area contributed by atoms with Crippen molar-refractivity contribution < 1.29 is 28.9 Å². The van der Waals surface area contributed by atoms with Gasteiger partial charge in [-0.3, -0.25) is 4.79 Å². The van der Waals surface area contributed by atoms with E-state index in [0.717, 1.165) is 6.07 Å². The molecule has 0 fully saturated rings. The number of ether oxygens (including phenoxy) is 2. The fraction of sp³-hybridized carbons (Fsp3) is 0.364. The van der Waals surface area contributed by atoms with Crippen molar-refractivity contribution in [2.45, 2.75) is 12.5 Å². The average Bonchev–Trinajstić information content (AvgIpc) is 2.55. The predicted octanol–water partition coefficient (Wildman–Crippen LogP) is 0.777. The molecule has 0 spiro atoms. The Hall–Kier alpha value is -2.02. The highest BCUT2D eigenvalue weighted by Gasteiger charge is 2.29. The number of benzene rings is 1. The summed E-state index contributed by atoms with van der Waals surface area (Å²) >= 11 is 0. The molecule has 1 aromatic rings. The molecule has 1 aromatic carbocycles. The molecule has 0 amide bonds. The Morgan fingerprint density at radius 1 is 1.44 bits per heavy atom. The molecular weight excluding hydrogens is 245 g/mol. The second-order valence-electron chi connectivity index (χ2n) is 3.81. The molecule has 1 heterocycles. The number of carbonyl (C=O) groups is 1. The number of rotatable bonds is 2. The zero-order valence-electron chi connectivity index (χ0n) is 9.35. The Kier molecular flexibility index (Phi) is 3.24. The molecule has 0 aliphatic carbocycles.